The van der Waals surface area contributed by atoms with Crippen LogP contribution in [0.15, 0.2) is 47.6 Å². The van der Waals surface area contributed by atoms with Gasteiger partial charge >= 0.3 is 0 Å². The number of pyridine rings is 1. The van der Waals surface area contributed by atoms with Crippen LogP contribution in [0.1, 0.15) is 43.0 Å². The van der Waals surface area contributed by atoms with Gasteiger partial charge in [-0.1, -0.05) is 18.2 Å². The summed E-state index contributed by atoms with van der Waals surface area (Å²) in [6, 6.07) is 8.55. The van der Waals surface area contributed by atoms with E-state index in [4.69, 9.17) is 4.74 Å². The summed E-state index contributed by atoms with van der Waals surface area (Å²) in [7, 11) is -3.53. The fraction of sp³-hybridized carbons (Fsp3) is 0.480. The van der Waals surface area contributed by atoms with Crippen molar-refractivity contribution in [2.45, 2.75) is 56.1 Å². The SMILES string of the molecule is CCn1ncc2c(NC3CCOCC3)c(C(=O)NC3CCN(S(=O)(=O)c4ccccc4)CC3)cnc21. The van der Waals surface area contributed by atoms with E-state index in [0.717, 1.165) is 29.6 Å². The number of benzene rings is 1. The van der Waals surface area contributed by atoms with E-state index in [1.54, 1.807) is 42.7 Å². The van der Waals surface area contributed by atoms with Crippen LogP contribution < -0.4 is 10.6 Å². The monoisotopic (exact) mass is 512 g/mol. The molecule has 0 spiro atoms. The Hall–Kier alpha value is -3.02. The minimum absolute atomic E-state index is 0.121. The number of aryl methyl sites for hydroxylation is 1. The number of carbonyl (C=O) groups is 1. The van der Waals surface area contributed by atoms with Gasteiger partial charge in [-0.25, -0.2) is 18.1 Å². The van der Waals surface area contributed by atoms with Gasteiger partial charge in [-0.05, 0) is 44.7 Å². The molecule has 2 fully saturated rings. The molecule has 0 bridgehead atoms. The third-order valence-corrected chi connectivity index (χ3v) is 8.86. The van der Waals surface area contributed by atoms with Crippen LogP contribution in [0.3, 0.4) is 0 Å². The van der Waals surface area contributed by atoms with Crippen LogP contribution in [0.2, 0.25) is 0 Å². The second-order valence-electron chi connectivity index (χ2n) is 9.24. The number of hydrogen-bond donors (Lipinski definition) is 2. The lowest BCUT2D eigenvalue weighted by atomic mass is 10.0. The van der Waals surface area contributed by atoms with Gasteiger partial charge < -0.3 is 15.4 Å². The molecule has 2 aliphatic rings. The number of rotatable bonds is 7. The average Bonchev–Trinajstić information content (AvgIpc) is 3.34. The molecule has 0 unspecified atom stereocenters. The van der Waals surface area contributed by atoms with Crippen LogP contribution in [0.25, 0.3) is 11.0 Å². The van der Waals surface area contributed by atoms with Crippen molar-refractivity contribution < 1.29 is 17.9 Å². The summed E-state index contributed by atoms with van der Waals surface area (Å²) in [5.74, 6) is -0.215. The highest BCUT2D eigenvalue weighted by Gasteiger charge is 2.31. The molecule has 36 heavy (non-hydrogen) atoms. The summed E-state index contributed by atoms with van der Waals surface area (Å²) in [4.78, 5) is 18.3. The van der Waals surface area contributed by atoms with Crippen LogP contribution in [-0.2, 0) is 21.3 Å². The molecule has 10 nitrogen and oxygen atoms in total. The maximum Gasteiger partial charge on any atom is 0.255 e. The van der Waals surface area contributed by atoms with E-state index in [2.05, 4.69) is 20.7 Å². The van der Waals surface area contributed by atoms with Gasteiger partial charge in [0.15, 0.2) is 5.65 Å². The van der Waals surface area contributed by atoms with Gasteiger partial charge in [0.1, 0.15) is 0 Å². The van der Waals surface area contributed by atoms with Crippen molar-refractivity contribution in [3.8, 4) is 0 Å². The highest BCUT2D eigenvalue weighted by Crippen LogP contribution is 2.29. The standard InChI is InChI=1S/C25H32N6O4S/c1-2-31-24-21(17-27-31)23(28-19-10-14-35-15-11-19)22(16-26-24)25(32)29-18-8-12-30(13-9-18)36(33,34)20-6-4-3-5-7-20/h3-7,16-19H,2,8-15H2,1H3,(H,26,28)(H,29,32). The second kappa shape index (κ2) is 10.5. The number of piperidine rings is 1. The third-order valence-electron chi connectivity index (χ3n) is 6.95. The van der Waals surface area contributed by atoms with Crippen LogP contribution in [0.5, 0.6) is 0 Å². The fourth-order valence-corrected chi connectivity index (χ4v) is 6.37. The average molecular weight is 513 g/mol. The first-order valence-corrected chi connectivity index (χ1v) is 14.0. The lowest BCUT2D eigenvalue weighted by Gasteiger charge is -2.32. The van der Waals surface area contributed by atoms with Crippen molar-refractivity contribution in [3.63, 3.8) is 0 Å². The molecular weight excluding hydrogens is 480 g/mol. The minimum atomic E-state index is -3.53. The summed E-state index contributed by atoms with van der Waals surface area (Å²) in [5, 5.41) is 11.9. The predicted octanol–water partition coefficient (Wildman–Crippen LogP) is 2.63. The molecule has 0 saturated carbocycles. The number of sulfonamides is 1. The van der Waals surface area contributed by atoms with Crippen LogP contribution in [-0.4, -0.2) is 71.8 Å². The van der Waals surface area contributed by atoms with Crippen molar-refractivity contribution in [1.29, 1.82) is 0 Å². The molecule has 2 saturated heterocycles. The molecule has 3 aromatic rings. The summed E-state index contributed by atoms with van der Waals surface area (Å²) in [5.41, 5.74) is 1.96. The first kappa shape index (κ1) is 24.7. The maximum absolute atomic E-state index is 13.4. The van der Waals surface area contributed by atoms with Gasteiger partial charge in [-0.15, -0.1) is 0 Å². The van der Waals surface area contributed by atoms with Crippen molar-refractivity contribution in [2.75, 3.05) is 31.6 Å². The number of nitrogens with one attached hydrogen (secondary N) is 2. The molecule has 5 rings (SSSR count). The quantitative estimate of drug-likeness (QED) is 0.500. The Labute approximate surface area is 211 Å². The number of nitrogens with zero attached hydrogens (tertiary/aromatic N) is 4. The summed E-state index contributed by atoms with van der Waals surface area (Å²) in [6.07, 6.45) is 6.19. The molecule has 1 aromatic carbocycles. The van der Waals surface area contributed by atoms with Gasteiger partial charge in [-0.2, -0.15) is 9.40 Å². The summed E-state index contributed by atoms with van der Waals surface area (Å²) >= 11 is 0. The van der Waals surface area contributed by atoms with E-state index in [1.165, 1.54) is 4.31 Å². The molecule has 4 heterocycles. The molecule has 2 aliphatic heterocycles. The molecule has 2 aromatic heterocycles. The van der Waals surface area contributed by atoms with Gasteiger partial charge in [0.2, 0.25) is 10.0 Å². The van der Waals surface area contributed by atoms with E-state index < -0.39 is 10.0 Å². The van der Waals surface area contributed by atoms with Gasteiger partial charge in [0.05, 0.1) is 27.7 Å². The molecule has 1 amide bonds. The Balaban J connectivity index is 1.31. The summed E-state index contributed by atoms with van der Waals surface area (Å²) in [6.45, 7) is 4.78. The molecule has 11 heteroatoms. The van der Waals surface area contributed by atoms with E-state index in [-0.39, 0.29) is 18.0 Å². The first-order chi connectivity index (χ1) is 17.5. The normalized spacial score (nSPS) is 18.4. The van der Waals surface area contributed by atoms with Crippen molar-refractivity contribution >= 4 is 32.7 Å². The maximum atomic E-state index is 13.4. The van der Waals surface area contributed by atoms with Crippen LogP contribution in [0, 0.1) is 0 Å². The number of fused-ring (bicyclic) bond motifs is 1. The Morgan fingerprint density at radius 2 is 1.78 bits per heavy atom. The molecule has 0 atom stereocenters. The first-order valence-electron chi connectivity index (χ1n) is 12.5. The lowest BCUT2D eigenvalue weighted by Crippen LogP contribution is -2.46. The van der Waals surface area contributed by atoms with E-state index >= 15 is 0 Å². The van der Waals surface area contributed by atoms with Gasteiger partial charge in [0, 0.05) is 51.1 Å². The van der Waals surface area contributed by atoms with Crippen molar-refractivity contribution in [2.24, 2.45) is 0 Å². The minimum Gasteiger partial charge on any atom is -0.381 e. The Kier molecular flexibility index (Phi) is 7.22. The Morgan fingerprint density at radius 1 is 1.06 bits per heavy atom. The topological polar surface area (TPSA) is 118 Å². The van der Waals surface area contributed by atoms with E-state index in [9.17, 15) is 13.2 Å². The largest absolute Gasteiger partial charge is 0.381 e. The number of amides is 1. The smallest absolute Gasteiger partial charge is 0.255 e. The van der Waals surface area contributed by atoms with Crippen LogP contribution in [0.4, 0.5) is 5.69 Å². The number of aromatic nitrogens is 3. The van der Waals surface area contributed by atoms with Gasteiger partial charge in [-0.3, -0.25) is 4.79 Å². The number of hydrogen-bond acceptors (Lipinski definition) is 7. The molecule has 0 radical (unpaired) electrons. The second-order valence-corrected chi connectivity index (χ2v) is 11.2. The van der Waals surface area contributed by atoms with E-state index in [1.807, 2.05) is 11.6 Å². The zero-order chi connectivity index (χ0) is 25.1. The van der Waals surface area contributed by atoms with E-state index in [0.29, 0.717) is 56.1 Å². The number of ether oxygens (including phenoxy) is 1. The number of carbonyl (C=O) groups excluding carboxylic acids is 1. The lowest BCUT2D eigenvalue weighted by molar-refractivity contribution is 0.0902. The molecule has 0 aliphatic carbocycles. The highest BCUT2D eigenvalue weighted by atomic mass is 32.2. The Morgan fingerprint density at radius 3 is 2.47 bits per heavy atom. The summed E-state index contributed by atoms with van der Waals surface area (Å²) < 4.78 is 34.7. The molecule has 192 valence electrons. The number of anilines is 1. The Bertz CT molecular complexity index is 1310. The molecular formula is C25H32N6O4S. The highest BCUT2D eigenvalue weighted by molar-refractivity contribution is 7.89. The predicted molar refractivity (Wildman–Crippen MR) is 136 cm³/mol. The van der Waals surface area contributed by atoms with Gasteiger partial charge in [0.25, 0.3) is 5.91 Å². The molecule has 2 N–H and O–H groups in total. The zero-order valence-corrected chi connectivity index (χ0v) is 21.2. The van der Waals surface area contributed by atoms with Crippen molar-refractivity contribution in [3.05, 3.63) is 48.3 Å². The van der Waals surface area contributed by atoms with Crippen LogP contribution >= 0.6 is 0 Å². The fourth-order valence-electron chi connectivity index (χ4n) is 4.88. The van der Waals surface area contributed by atoms with Crippen molar-refractivity contribution in [1.82, 2.24) is 24.4 Å². The zero-order valence-electron chi connectivity index (χ0n) is 20.4. The third kappa shape index (κ3) is 4.95.